The van der Waals surface area contributed by atoms with E-state index in [0.29, 0.717) is 88.7 Å². The van der Waals surface area contributed by atoms with Crippen LogP contribution < -0.4 is 153 Å². The minimum Gasteiger partial charge on any atom is -1.00 e. The van der Waals surface area contributed by atoms with Gasteiger partial charge in [-0.25, -0.2) is 17.6 Å². The smallest absolute Gasteiger partial charge is 1.00 e. The van der Waals surface area contributed by atoms with E-state index in [0.717, 1.165) is 31.5 Å². The Morgan fingerprint density at radius 1 is 0.536 bits per heavy atom. The Balaban J connectivity index is 0.000000360. The maximum Gasteiger partial charge on any atom is 1.00 e. The first kappa shape index (κ1) is 96.8. The van der Waals surface area contributed by atoms with Gasteiger partial charge < -0.3 is 53.8 Å². The average molecular weight is 1890 g/mol. The minimum absolute atomic E-state index is 0. The zero-order valence-electron chi connectivity index (χ0n) is 63.9. The van der Waals surface area contributed by atoms with Crippen molar-refractivity contribution in [3.63, 3.8) is 0 Å². The molecule has 13 rings (SSSR count). The first-order valence-corrected chi connectivity index (χ1v) is 35.2. The molecule has 8 aromatic carbocycles. The van der Waals surface area contributed by atoms with Gasteiger partial charge in [-0.1, -0.05) is 29.8 Å². The third kappa shape index (κ3) is 27.0. The van der Waals surface area contributed by atoms with E-state index in [1.165, 1.54) is 125 Å². The van der Waals surface area contributed by atoms with Gasteiger partial charge >= 0.3 is 149 Å². The summed E-state index contributed by atoms with van der Waals surface area (Å²) in [6, 6.07) is 37.3. The molecule has 0 saturated carbocycles. The number of carbonyl (C=O) groups is 6. The van der Waals surface area contributed by atoms with Crippen molar-refractivity contribution in [1.82, 2.24) is 4.90 Å². The molecule has 12 aromatic rings. The van der Waals surface area contributed by atoms with Crippen molar-refractivity contribution in [3.05, 3.63) is 223 Å². The number of hydrogen-bond acceptors (Lipinski definition) is 20. The summed E-state index contributed by atoms with van der Waals surface area (Å²) in [4.78, 5) is 93.3. The number of phenols is 2. The number of fused-ring (bicyclic) bond motifs is 4. The van der Waals surface area contributed by atoms with Gasteiger partial charge in [0.15, 0.2) is 34.6 Å². The third-order valence-electron chi connectivity index (χ3n) is 15.2. The number of nitro benzene ring substituents is 2. The van der Waals surface area contributed by atoms with Crippen molar-refractivity contribution in [2.45, 2.75) is 99.1 Å². The van der Waals surface area contributed by atoms with Gasteiger partial charge in [0.2, 0.25) is 5.91 Å². The predicted molar refractivity (Wildman–Crippen MR) is 410 cm³/mol. The summed E-state index contributed by atoms with van der Waals surface area (Å²) in [6.45, 7) is 17.9. The molecule has 112 heavy (non-hydrogen) atoms. The summed E-state index contributed by atoms with van der Waals surface area (Å²) in [5.41, 5.74) is 4.19. The molecule has 0 atom stereocenters. The van der Waals surface area contributed by atoms with Gasteiger partial charge in [0.1, 0.15) is 80.1 Å². The Kier molecular flexibility index (Phi) is 39.8. The molecular formula is C80H74BrCl2Cs2F4N3O20. The predicted octanol–water partition coefficient (Wildman–Crippen LogP) is 14.6. The Morgan fingerprint density at radius 2 is 0.848 bits per heavy atom. The monoisotopic (exact) mass is 1890 g/mol. The van der Waals surface area contributed by atoms with E-state index in [1.54, 1.807) is 55.1 Å². The second-order valence-corrected chi connectivity index (χ2v) is 27.2. The number of amides is 1. The van der Waals surface area contributed by atoms with Crippen LogP contribution in [0.3, 0.4) is 0 Å². The van der Waals surface area contributed by atoms with Crippen LogP contribution >= 0.6 is 39.1 Å². The summed E-state index contributed by atoms with van der Waals surface area (Å²) in [6.07, 6.45) is 1.57. The number of ether oxygens (including phenoxy) is 2. The Morgan fingerprint density at radius 3 is 1.14 bits per heavy atom. The molecule has 1 amide bonds. The van der Waals surface area contributed by atoms with Crippen molar-refractivity contribution in [2.24, 2.45) is 0 Å². The standard InChI is InChI=1S/C19H16FNO5.C19H17FO3.C16H10FNO5.C16H11FO3.C5H9NO.C3H7Br.CH2Cl2.CH2O3.2Cs.H/c1-10(2)25-17-8-14-16(9-15(17)21(23)24)26-19(18(14)11(3)22)12-4-6-13(20)7-5-12;1-11(2)22-15-8-9-17-16(10-15)18(12(3)21)19(23-17)13-4-6-14(20)7-5-13;1-8(19)15-11-6-13(20)12(18(21)22)7-14(11)23-16(15)9-2-4-10(17)5-3-9;1-9(18)15-13-8-12(19)6-7-14(13)20-16(15)10-2-4-11(17)5-3-10;1-6-4-2-3-5(6)7;1-3(2)4;2-1-3;2-1-4-3;;;/h4-10H,1-3H3;4-11H,1-3H3;2-7,20H,1H3;2-8,19H,1H3;2-4H2,1H3;3H,1-2H3;1H2;1,3H;;;/q;;;;;;;;2*+1;-1/p-1. The first-order valence-electron chi connectivity index (χ1n) is 33.2. The number of rotatable bonds is 15. The van der Waals surface area contributed by atoms with Crippen molar-refractivity contribution in [2.75, 3.05) is 18.9 Å². The number of ketones is 4. The van der Waals surface area contributed by atoms with Gasteiger partial charge in [0, 0.05) is 68.6 Å². The van der Waals surface area contributed by atoms with Crippen molar-refractivity contribution < 1.29 is 243 Å². The first-order chi connectivity index (χ1) is 52.0. The maximum absolute atomic E-state index is 13.2. The van der Waals surface area contributed by atoms with Crippen LogP contribution in [0.2, 0.25) is 0 Å². The van der Waals surface area contributed by atoms with Crippen LogP contribution in [0.5, 0.6) is 23.0 Å². The molecule has 23 nitrogen and oxygen atoms in total. The van der Waals surface area contributed by atoms with Gasteiger partial charge in [0.25, 0.3) is 6.47 Å². The third-order valence-corrected chi connectivity index (χ3v) is 15.2. The van der Waals surface area contributed by atoms with E-state index in [9.17, 15) is 72.0 Å². The molecule has 2 N–H and O–H groups in total. The summed E-state index contributed by atoms with van der Waals surface area (Å²) in [5.74, 6) is -0.644. The molecule has 0 aliphatic carbocycles. The van der Waals surface area contributed by atoms with Gasteiger partial charge in [-0.05, 0) is 207 Å². The molecule has 32 heteroatoms. The number of Topliss-reactive ketones (excluding diaryl/α,β-unsaturated/α-hetero) is 4. The molecular weight excluding hydrogens is 1820 g/mol. The van der Waals surface area contributed by atoms with Crippen LogP contribution in [0.25, 0.3) is 89.2 Å². The number of phenolic OH excluding ortho intramolecular Hbond substituents is 2. The Labute approximate surface area is 776 Å². The van der Waals surface area contributed by atoms with E-state index in [4.69, 9.17) is 60.4 Å². The van der Waals surface area contributed by atoms with Gasteiger partial charge in [-0.2, -0.15) is 0 Å². The summed E-state index contributed by atoms with van der Waals surface area (Å²) in [7, 11) is 1.84. The molecule has 1 aliphatic heterocycles. The number of carbonyl (C=O) groups excluding carboxylic acids is 6. The number of likely N-dealkylation sites (tertiary alicyclic amines) is 1. The van der Waals surface area contributed by atoms with Crippen LogP contribution in [-0.4, -0.2) is 96.4 Å². The van der Waals surface area contributed by atoms with E-state index in [2.05, 4.69) is 34.7 Å². The number of nitrogens with zero attached hydrogens (tertiary/aromatic N) is 3. The molecule has 1 aliphatic rings. The average Bonchev–Trinajstić information content (AvgIpc) is 1.64. The van der Waals surface area contributed by atoms with E-state index in [-0.39, 0.29) is 254 Å². The number of benzene rings is 8. The van der Waals surface area contributed by atoms with E-state index in [1.807, 2.05) is 33.0 Å². The second kappa shape index (κ2) is 46.1. The number of alkyl halides is 3. The molecule has 1 saturated heterocycles. The van der Waals surface area contributed by atoms with Crippen LogP contribution in [-0.2, 0) is 14.5 Å². The fourth-order valence-electron chi connectivity index (χ4n) is 10.8. The van der Waals surface area contributed by atoms with Crippen LogP contribution in [0, 0.1) is 43.5 Å². The van der Waals surface area contributed by atoms with Crippen LogP contribution in [0.4, 0.5) is 28.9 Å². The molecule has 1 fully saturated rings. The summed E-state index contributed by atoms with van der Waals surface area (Å²) >= 11 is 12.8. The van der Waals surface area contributed by atoms with Crippen molar-refractivity contribution >= 4 is 130 Å². The van der Waals surface area contributed by atoms with E-state index < -0.39 is 32.9 Å². The van der Waals surface area contributed by atoms with Crippen LogP contribution in [0.15, 0.2) is 175 Å². The molecule has 0 radical (unpaired) electrons. The van der Waals surface area contributed by atoms with E-state index >= 15 is 0 Å². The minimum atomic E-state index is -0.748. The molecule has 0 spiro atoms. The van der Waals surface area contributed by atoms with Crippen molar-refractivity contribution in [3.8, 4) is 68.3 Å². The van der Waals surface area contributed by atoms with Crippen LogP contribution in [0.1, 0.15) is 125 Å². The fraction of sp³-hybridized carbons (Fsp3) is 0.225. The Bertz CT molecular complexity index is 5270. The molecule has 0 unspecified atom stereocenters. The van der Waals surface area contributed by atoms with Gasteiger partial charge in [-0.15, -0.1) is 23.2 Å². The number of furan rings is 4. The zero-order chi connectivity index (χ0) is 81.5. The number of hydrogen-bond donors (Lipinski definition) is 2. The molecule has 5 heterocycles. The zero-order valence-corrected chi connectivity index (χ0v) is 78.5. The normalized spacial score (nSPS) is 11.1. The SMILES string of the molecule is CC(=O)c1c(-c2ccc(F)cc2)oc2cc([N+](=O)[O-])c(O)cc12.CC(=O)c1c(-c2ccc(F)cc2)oc2cc([N+](=O)[O-])c(OC(C)C)cc12.CC(=O)c1c(-c2ccc(F)cc2)oc2ccc(O)cc12.CC(=O)c1c(-c2ccc(F)cc2)oc2ccc(OC(C)C)cc12.CC(C)Br.CN1CCCC1=O.ClCCl.O=CO[O-].[Cs+].[Cs+].[H-]. The molecule has 4 aromatic heterocycles. The topological polar surface area (TPSA) is 336 Å². The molecule has 580 valence electrons. The number of halogens is 7. The second-order valence-electron chi connectivity index (χ2n) is 24.5. The Hall–Kier alpha value is -7.62. The van der Waals surface area contributed by atoms with Crippen molar-refractivity contribution in [1.29, 1.82) is 0 Å². The number of nitro groups is 2. The maximum atomic E-state index is 13.2. The summed E-state index contributed by atoms with van der Waals surface area (Å²) in [5, 5.41) is 52.1. The quantitative estimate of drug-likeness (QED) is 0.0183. The summed E-state index contributed by atoms with van der Waals surface area (Å²) < 4.78 is 86.4. The molecule has 0 bridgehead atoms. The van der Waals surface area contributed by atoms with Gasteiger partial charge in [-0.3, -0.25) is 49.0 Å². The number of aromatic hydroxyl groups is 2. The van der Waals surface area contributed by atoms with Gasteiger partial charge in [0.05, 0.1) is 61.8 Å². The fourth-order valence-corrected chi connectivity index (χ4v) is 10.8. The largest absolute Gasteiger partial charge is 1.00 e.